The third-order valence-electron chi connectivity index (χ3n) is 6.39. The number of rotatable bonds is 9. The number of aryl methyl sites for hydroxylation is 1. The number of benzene rings is 1. The Morgan fingerprint density at radius 3 is 2.56 bits per heavy atom. The zero-order valence-electron chi connectivity index (χ0n) is 20.5. The van der Waals surface area contributed by atoms with E-state index in [0.29, 0.717) is 43.9 Å². The lowest BCUT2D eigenvalue weighted by Crippen LogP contribution is -2.34. The van der Waals surface area contributed by atoms with Gasteiger partial charge in [-0.05, 0) is 37.0 Å². The molecule has 0 saturated heterocycles. The number of unbranched alkanes of at least 4 members (excludes halogenated alkanes) is 1. The van der Waals surface area contributed by atoms with E-state index in [2.05, 4.69) is 17.1 Å². The van der Waals surface area contributed by atoms with Crippen molar-refractivity contribution in [1.82, 2.24) is 14.5 Å². The maximum absolute atomic E-state index is 12.9. The van der Waals surface area contributed by atoms with Crippen molar-refractivity contribution >= 4 is 11.9 Å². The fourth-order valence-electron chi connectivity index (χ4n) is 4.48. The summed E-state index contributed by atoms with van der Waals surface area (Å²) in [7, 11) is 1.30. The van der Waals surface area contributed by atoms with Gasteiger partial charge in [-0.25, -0.2) is 4.79 Å². The fourth-order valence-corrected chi connectivity index (χ4v) is 4.48. The van der Waals surface area contributed by atoms with Crippen LogP contribution >= 0.6 is 0 Å². The third-order valence-corrected chi connectivity index (χ3v) is 6.39. The minimum absolute atomic E-state index is 0.0650. The number of amides is 1. The first-order valence-electron chi connectivity index (χ1n) is 12.3. The first-order chi connectivity index (χ1) is 17.6. The topological polar surface area (TPSA) is 90.7 Å². The summed E-state index contributed by atoms with van der Waals surface area (Å²) in [6.07, 6.45) is 5.15. The Balaban J connectivity index is 1.44. The monoisotopic (exact) mass is 489 g/mol. The van der Waals surface area contributed by atoms with Gasteiger partial charge in [0.05, 0.1) is 12.8 Å². The second-order valence-electron chi connectivity index (χ2n) is 8.74. The minimum atomic E-state index is -0.574. The minimum Gasteiger partial charge on any atom is -0.486 e. The van der Waals surface area contributed by atoms with E-state index in [-0.39, 0.29) is 29.4 Å². The number of nitrogens with zero attached hydrogens (tertiary/aromatic N) is 3. The van der Waals surface area contributed by atoms with E-state index in [1.807, 2.05) is 24.3 Å². The highest BCUT2D eigenvalue weighted by molar-refractivity contribution is 5.93. The molecule has 2 aromatic heterocycles. The summed E-state index contributed by atoms with van der Waals surface area (Å²) in [6.45, 7) is 1.26. The van der Waals surface area contributed by atoms with Crippen LogP contribution in [0.3, 0.4) is 0 Å². The third kappa shape index (κ3) is 6.19. The van der Waals surface area contributed by atoms with E-state index >= 15 is 0 Å². The Labute approximate surface area is 210 Å². The Morgan fingerprint density at radius 2 is 1.81 bits per heavy atom. The number of hydrogen-bond acceptors (Lipinski definition) is 6. The van der Waals surface area contributed by atoms with Crippen LogP contribution in [-0.4, -0.2) is 46.5 Å². The molecule has 4 rings (SSSR count). The van der Waals surface area contributed by atoms with Crippen LogP contribution in [0, 0.1) is 0 Å². The van der Waals surface area contributed by atoms with Gasteiger partial charge in [-0.3, -0.25) is 14.6 Å². The van der Waals surface area contributed by atoms with Gasteiger partial charge in [-0.1, -0.05) is 36.4 Å². The zero-order chi connectivity index (χ0) is 25.3. The van der Waals surface area contributed by atoms with Crippen molar-refractivity contribution in [3.8, 4) is 5.75 Å². The molecule has 1 aromatic carbocycles. The molecule has 1 aliphatic heterocycles. The number of carbonyl (C=O) groups is 2. The van der Waals surface area contributed by atoms with Crippen molar-refractivity contribution in [1.29, 1.82) is 0 Å². The molecule has 8 nitrogen and oxygen atoms in total. The Morgan fingerprint density at radius 1 is 1.00 bits per heavy atom. The molecule has 0 radical (unpaired) electrons. The van der Waals surface area contributed by atoms with Gasteiger partial charge in [0.2, 0.25) is 5.91 Å². The zero-order valence-corrected chi connectivity index (χ0v) is 20.5. The normalized spacial score (nSPS) is 13.0. The first-order valence-corrected chi connectivity index (χ1v) is 12.3. The van der Waals surface area contributed by atoms with Gasteiger partial charge in [0.15, 0.2) is 0 Å². The van der Waals surface area contributed by atoms with Gasteiger partial charge >= 0.3 is 5.97 Å². The van der Waals surface area contributed by atoms with Crippen LogP contribution in [0.2, 0.25) is 0 Å². The number of carbonyl (C=O) groups excluding carboxylic acids is 2. The van der Waals surface area contributed by atoms with Gasteiger partial charge in [-0.15, -0.1) is 0 Å². The molecule has 0 spiro atoms. The van der Waals surface area contributed by atoms with E-state index < -0.39 is 5.97 Å². The van der Waals surface area contributed by atoms with Crippen molar-refractivity contribution in [3.05, 3.63) is 93.7 Å². The summed E-state index contributed by atoms with van der Waals surface area (Å²) in [5, 5.41) is 0. The standard InChI is InChI=1S/C28H31N3O5/c1-35-28(34)27-23-14-16-30(25(32)13-6-5-11-21-9-3-2-4-10-21)17-18-31(23)26(33)19-24(27)36-20-22-12-7-8-15-29-22/h2-4,7-10,12,15,19H,5-6,11,13-14,16-18,20H2,1H3. The van der Waals surface area contributed by atoms with Gasteiger partial charge in [0.25, 0.3) is 5.56 Å². The summed E-state index contributed by atoms with van der Waals surface area (Å²) in [6, 6.07) is 17.0. The summed E-state index contributed by atoms with van der Waals surface area (Å²) in [4.78, 5) is 44.6. The van der Waals surface area contributed by atoms with Crippen molar-refractivity contribution in [2.45, 2.75) is 45.3 Å². The molecular formula is C28H31N3O5. The maximum Gasteiger partial charge on any atom is 0.343 e. The molecule has 0 fully saturated rings. The van der Waals surface area contributed by atoms with E-state index in [9.17, 15) is 14.4 Å². The maximum atomic E-state index is 12.9. The lowest BCUT2D eigenvalue weighted by atomic mass is 10.1. The van der Waals surface area contributed by atoms with E-state index in [4.69, 9.17) is 9.47 Å². The average Bonchev–Trinajstić information content (AvgIpc) is 3.14. The van der Waals surface area contributed by atoms with Gasteiger partial charge in [0, 0.05) is 50.4 Å². The van der Waals surface area contributed by atoms with Crippen molar-refractivity contribution in [2.24, 2.45) is 0 Å². The Bertz CT molecular complexity index is 1240. The molecule has 0 N–H and O–H groups in total. The first kappa shape index (κ1) is 25.2. The smallest absolute Gasteiger partial charge is 0.343 e. The second-order valence-corrected chi connectivity index (χ2v) is 8.74. The van der Waals surface area contributed by atoms with Crippen molar-refractivity contribution in [3.63, 3.8) is 0 Å². The number of fused-ring (bicyclic) bond motifs is 1. The molecule has 1 aliphatic rings. The molecule has 0 bridgehead atoms. The molecule has 0 atom stereocenters. The quantitative estimate of drug-likeness (QED) is 0.338. The van der Waals surface area contributed by atoms with Crippen LogP contribution in [-0.2, 0) is 35.5 Å². The molecule has 188 valence electrons. The largest absolute Gasteiger partial charge is 0.486 e. The van der Waals surface area contributed by atoms with Gasteiger partial charge in [0.1, 0.15) is 17.9 Å². The summed E-state index contributed by atoms with van der Waals surface area (Å²) in [5.74, 6) is -0.338. The summed E-state index contributed by atoms with van der Waals surface area (Å²) < 4.78 is 12.4. The second kappa shape index (κ2) is 12.2. The molecule has 36 heavy (non-hydrogen) atoms. The summed E-state index contributed by atoms with van der Waals surface area (Å²) in [5.41, 5.74) is 2.43. The van der Waals surface area contributed by atoms with Crippen LogP contribution in [0.25, 0.3) is 0 Å². The molecule has 3 aromatic rings. The Hall–Kier alpha value is -3.94. The van der Waals surface area contributed by atoms with E-state index in [1.54, 1.807) is 27.8 Å². The molecule has 8 heteroatoms. The lowest BCUT2D eigenvalue weighted by molar-refractivity contribution is -0.131. The molecule has 3 heterocycles. The number of methoxy groups -OCH3 is 1. The molecule has 0 aliphatic carbocycles. The van der Waals surface area contributed by atoms with Gasteiger partial charge < -0.3 is 18.9 Å². The number of esters is 1. The fraction of sp³-hybridized carbons (Fsp3) is 0.357. The van der Waals surface area contributed by atoms with E-state index in [1.165, 1.54) is 18.7 Å². The molecule has 1 amide bonds. The van der Waals surface area contributed by atoms with E-state index in [0.717, 1.165) is 19.3 Å². The van der Waals surface area contributed by atoms with Crippen LogP contribution in [0.5, 0.6) is 5.75 Å². The van der Waals surface area contributed by atoms with Crippen LogP contribution < -0.4 is 10.3 Å². The molecule has 0 unspecified atom stereocenters. The van der Waals surface area contributed by atoms with Crippen molar-refractivity contribution < 1.29 is 19.1 Å². The number of ether oxygens (including phenoxy) is 2. The number of pyridine rings is 2. The highest BCUT2D eigenvalue weighted by Crippen LogP contribution is 2.25. The predicted molar refractivity (Wildman–Crippen MR) is 135 cm³/mol. The van der Waals surface area contributed by atoms with Crippen LogP contribution in [0.4, 0.5) is 0 Å². The predicted octanol–water partition coefficient (Wildman–Crippen LogP) is 3.41. The lowest BCUT2D eigenvalue weighted by Gasteiger charge is -2.20. The number of aromatic nitrogens is 2. The number of hydrogen-bond donors (Lipinski definition) is 0. The average molecular weight is 490 g/mol. The highest BCUT2D eigenvalue weighted by atomic mass is 16.5. The van der Waals surface area contributed by atoms with Crippen LogP contribution in [0.1, 0.15) is 46.6 Å². The Kier molecular flexibility index (Phi) is 8.49. The molecule has 0 saturated carbocycles. The molecular weight excluding hydrogens is 458 g/mol. The summed E-state index contributed by atoms with van der Waals surface area (Å²) >= 11 is 0. The van der Waals surface area contributed by atoms with Gasteiger partial charge in [-0.2, -0.15) is 0 Å². The van der Waals surface area contributed by atoms with Crippen LogP contribution in [0.15, 0.2) is 65.6 Å². The SMILES string of the molecule is COC(=O)c1c(OCc2ccccn2)cc(=O)n2c1CCN(C(=O)CCCCc1ccccc1)CC2. The highest BCUT2D eigenvalue weighted by Gasteiger charge is 2.27. The van der Waals surface area contributed by atoms with Crippen molar-refractivity contribution in [2.75, 3.05) is 20.2 Å².